The number of sulfonamides is 1. The van der Waals surface area contributed by atoms with Crippen molar-refractivity contribution in [2.75, 3.05) is 32.8 Å². The average Bonchev–Trinajstić information content (AvgIpc) is 2.82. The van der Waals surface area contributed by atoms with Crippen molar-refractivity contribution >= 4 is 44.3 Å². The van der Waals surface area contributed by atoms with Gasteiger partial charge in [-0.2, -0.15) is 4.31 Å². The minimum absolute atomic E-state index is 0.105. The number of halogens is 2. The lowest BCUT2D eigenvalue weighted by molar-refractivity contribution is -0.135. The number of amides is 1. The molecule has 0 spiro atoms. The van der Waals surface area contributed by atoms with Crippen LogP contribution in [-0.4, -0.2) is 62.3 Å². The Bertz CT molecular complexity index is 1300. The van der Waals surface area contributed by atoms with Gasteiger partial charge in [0.05, 0.1) is 9.92 Å². The second-order valence-electron chi connectivity index (χ2n) is 7.47. The predicted molar refractivity (Wildman–Crippen MR) is 121 cm³/mol. The van der Waals surface area contributed by atoms with Crippen molar-refractivity contribution in [1.29, 1.82) is 0 Å². The summed E-state index contributed by atoms with van der Waals surface area (Å²) >= 11 is 5.83. The Morgan fingerprint density at radius 3 is 2.33 bits per heavy atom. The third-order valence-electron chi connectivity index (χ3n) is 5.44. The standard InChI is InChI=1S/C23H20ClFN2O5S/c24-19-6-3-7-20(25)22(19)23(29)32-15-21(28)26-10-12-27(13-11-26)33(30,31)18-9-8-16-4-1-2-5-17(16)14-18/h1-9,14H,10-13,15H2. The summed E-state index contributed by atoms with van der Waals surface area (Å²) in [6.07, 6.45) is 0. The van der Waals surface area contributed by atoms with E-state index in [1.165, 1.54) is 21.3 Å². The lowest BCUT2D eigenvalue weighted by atomic mass is 10.1. The lowest BCUT2D eigenvalue weighted by Crippen LogP contribution is -2.51. The van der Waals surface area contributed by atoms with Crippen molar-refractivity contribution in [3.8, 4) is 0 Å². The second kappa shape index (κ2) is 9.46. The van der Waals surface area contributed by atoms with Gasteiger partial charge in [-0.15, -0.1) is 0 Å². The molecule has 0 bridgehead atoms. The number of fused-ring (bicyclic) bond motifs is 1. The van der Waals surface area contributed by atoms with Crippen LogP contribution in [0.5, 0.6) is 0 Å². The number of rotatable bonds is 5. The van der Waals surface area contributed by atoms with E-state index in [1.54, 1.807) is 18.2 Å². The molecule has 33 heavy (non-hydrogen) atoms. The highest BCUT2D eigenvalue weighted by atomic mass is 35.5. The number of piperazine rings is 1. The molecular formula is C23H20ClFN2O5S. The fourth-order valence-corrected chi connectivity index (χ4v) is 5.34. The van der Waals surface area contributed by atoms with Crippen LogP contribution in [0.3, 0.4) is 0 Å². The zero-order valence-electron chi connectivity index (χ0n) is 17.4. The van der Waals surface area contributed by atoms with Gasteiger partial charge in [0.2, 0.25) is 10.0 Å². The van der Waals surface area contributed by atoms with E-state index < -0.39 is 39.9 Å². The maximum absolute atomic E-state index is 13.8. The first-order chi connectivity index (χ1) is 15.8. The van der Waals surface area contributed by atoms with Crippen LogP contribution in [0.1, 0.15) is 10.4 Å². The van der Waals surface area contributed by atoms with Crippen LogP contribution in [0.2, 0.25) is 5.02 Å². The minimum atomic E-state index is -3.72. The van der Waals surface area contributed by atoms with Gasteiger partial charge in [-0.3, -0.25) is 4.79 Å². The Kier molecular flexibility index (Phi) is 6.64. The summed E-state index contributed by atoms with van der Waals surface area (Å²) in [5.74, 6) is -2.38. The molecule has 0 radical (unpaired) electrons. The van der Waals surface area contributed by atoms with Gasteiger partial charge in [0.25, 0.3) is 5.91 Å². The highest BCUT2D eigenvalue weighted by molar-refractivity contribution is 7.89. The first-order valence-corrected chi connectivity index (χ1v) is 12.0. The molecule has 1 fully saturated rings. The quantitative estimate of drug-likeness (QED) is 0.512. The van der Waals surface area contributed by atoms with E-state index in [-0.39, 0.29) is 36.1 Å². The summed E-state index contributed by atoms with van der Waals surface area (Å²) < 4.78 is 46.2. The SMILES string of the molecule is O=C(OCC(=O)N1CCN(S(=O)(=O)c2ccc3ccccc3c2)CC1)c1c(F)cccc1Cl. The number of hydrogen-bond donors (Lipinski definition) is 0. The van der Waals surface area contributed by atoms with Crippen LogP contribution in [0.4, 0.5) is 4.39 Å². The molecule has 1 heterocycles. The van der Waals surface area contributed by atoms with E-state index in [0.29, 0.717) is 0 Å². The summed E-state index contributed by atoms with van der Waals surface area (Å²) in [6.45, 7) is -0.101. The summed E-state index contributed by atoms with van der Waals surface area (Å²) in [4.78, 5) is 26.1. The van der Waals surface area contributed by atoms with Gasteiger partial charge in [0.15, 0.2) is 6.61 Å². The number of ether oxygens (including phenoxy) is 1. The van der Waals surface area contributed by atoms with Crippen molar-refractivity contribution in [2.24, 2.45) is 0 Å². The summed E-state index contributed by atoms with van der Waals surface area (Å²) in [7, 11) is -3.72. The zero-order chi connectivity index (χ0) is 23.6. The lowest BCUT2D eigenvalue weighted by Gasteiger charge is -2.33. The molecule has 172 valence electrons. The largest absolute Gasteiger partial charge is 0.452 e. The monoisotopic (exact) mass is 490 g/mol. The van der Waals surface area contributed by atoms with Crippen LogP contribution in [0.25, 0.3) is 10.8 Å². The maximum Gasteiger partial charge on any atom is 0.343 e. The maximum atomic E-state index is 13.8. The molecule has 10 heteroatoms. The van der Waals surface area contributed by atoms with E-state index in [1.807, 2.05) is 24.3 Å². The van der Waals surface area contributed by atoms with Crippen molar-refractivity contribution in [1.82, 2.24) is 9.21 Å². The molecule has 0 aromatic heterocycles. The first-order valence-electron chi connectivity index (χ1n) is 10.2. The third-order valence-corrected chi connectivity index (χ3v) is 7.65. The van der Waals surface area contributed by atoms with E-state index in [0.717, 1.165) is 16.8 Å². The molecular weight excluding hydrogens is 471 g/mol. The van der Waals surface area contributed by atoms with Crippen LogP contribution < -0.4 is 0 Å². The Morgan fingerprint density at radius 2 is 1.64 bits per heavy atom. The normalized spacial score (nSPS) is 14.9. The molecule has 1 saturated heterocycles. The van der Waals surface area contributed by atoms with E-state index in [9.17, 15) is 22.4 Å². The number of carbonyl (C=O) groups excluding carboxylic acids is 2. The van der Waals surface area contributed by atoms with Gasteiger partial charge >= 0.3 is 5.97 Å². The Hall–Kier alpha value is -3.01. The summed E-state index contributed by atoms with van der Waals surface area (Å²) in [5, 5.41) is 1.65. The topological polar surface area (TPSA) is 84.0 Å². The molecule has 1 aliphatic heterocycles. The van der Waals surface area contributed by atoms with Gasteiger partial charge in [-0.1, -0.05) is 48.0 Å². The first kappa shape index (κ1) is 23.2. The predicted octanol–water partition coefficient (Wildman–Crippen LogP) is 3.32. The van der Waals surface area contributed by atoms with Crippen LogP contribution >= 0.6 is 11.6 Å². The van der Waals surface area contributed by atoms with Gasteiger partial charge in [0.1, 0.15) is 11.4 Å². The van der Waals surface area contributed by atoms with Crippen molar-refractivity contribution in [3.05, 3.63) is 77.1 Å². The zero-order valence-corrected chi connectivity index (χ0v) is 19.0. The molecule has 0 N–H and O–H groups in total. The number of benzene rings is 3. The van der Waals surface area contributed by atoms with Gasteiger partial charge in [0, 0.05) is 26.2 Å². The van der Waals surface area contributed by atoms with Gasteiger partial charge in [-0.05, 0) is 35.0 Å². The fourth-order valence-electron chi connectivity index (χ4n) is 3.64. The summed E-state index contributed by atoms with van der Waals surface area (Å²) in [5.41, 5.74) is -0.432. The molecule has 0 unspecified atom stereocenters. The molecule has 3 aromatic rings. The number of carbonyl (C=O) groups is 2. The van der Waals surface area contributed by atoms with Gasteiger partial charge < -0.3 is 9.64 Å². The average molecular weight is 491 g/mol. The molecule has 4 rings (SSSR count). The molecule has 0 aliphatic carbocycles. The Morgan fingerprint density at radius 1 is 0.939 bits per heavy atom. The molecule has 0 atom stereocenters. The molecule has 7 nitrogen and oxygen atoms in total. The van der Waals surface area contributed by atoms with Crippen LogP contribution in [0.15, 0.2) is 65.6 Å². The molecule has 1 amide bonds. The van der Waals surface area contributed by atoms with Crippen LogP contribution in [-0.2, 0) is 19.6 Å². The smallest absolute Gasteiger partial charge is 0.343 e. The molecule has 3 aromatic carbocycles. The Labute approximate surface area is 195 Å². The molecule has 1 aliphatic rings. The Balaban J connectivity index is 1.36. The van der Waals surface area contributed by atoms with E-state index in [2.05, 4.69) is 0 Å². The highest BCUT2D eigenvalue weighted by Crippen LogP contribution is 2.23. The van der Waals surface area contributed by atoms with Crippen molar-refractivity contribution in [3.63, 3.8) is 0 Å². The fraction of sp³-hybridized carbons (Fsp3) is 0.217. The number of nitrogens with zero attached hydrogens (tertiary/aromatic N) is 2. The minimum Gasteiger partial charge on any atom is -0.452 e. The van der Waals surface area contributed by atoms with Crippen molar-refractivity contribution in [2.45, 2.75) is 4.90 Å². The van der Waals surface area contributed by atoms with E-state index in [4.69, 9.17) is 16.3 Å². The number of esters is 1. The molecule has 0 saturated carbocycles. The highest BCUT2D eigenvalue weighted by Gasteiger charge is 2.30. The van der Waals surface area contributed by atoms with Crippen molar-refractivity contribution < 1.29 is 27.1 Å². The second-order valence-corrected chi connectivity index (χ2v) is 9.81. The third kappa shape index (κ3) is 4.85. The van der Waals surface area contributed by atoms with Crippen LogP contribution in [0, 0.1) is 5.82 Å². The summed E-state index contributed by atoms with van der Waals surface area (Å²) in [6, 6.07) is 16.2. The number of hydrogen-bond acceptors (Lipinski definition) is 5. The van der Waals surface area contributed by atoms with E-state index >= 15 is 0 Å². The van der Waals surface area contributed by atoms with Gasteiger partial charge in [-0.25, -0.2) is 17.6 Å².